The molecule has 0 spiro atoms. The van der Waals surface area contributed by atoms with E-state index in [-0.39, 0.29) is 11.3 Å². The molecule has 1 heterocycles. The van der Waals surface area contributed by atoms with Crippen LogP contribution in [0.1, 0.15) is 10.4 Å². The Hall–Kier alpha value is -2.69. The summed E-state index contributed by atoms with van der Waals surface area (Å²) < 4.78 is 7.42. The van der Waals surface area contributed by atoms with Crippen molar-refractivity contribution in [2.24, 2.45) is 0 Å². The van der Waals surface area contributed by atoms with Gasteiger partial charge in [0.15, 0.2) is 5.16 Å². The second-order valence-corrected chi connectivity index (χ2v) is 8.02. The lowest BCUT2D eigenvalue weighted by Crippen LogP contribution is -2.42. The fraction of sp³-hybridized carbons (Fsp3) is 0.200. The molecule has 3 aromatic rings. The molecule has 0 aliphatic rings. The lowest BCUT2D eigenvalue weighted by Gasteiger charge is -2.13. The lowest BCUT2D eigenvalue weighted by molar-refractivity contribution is -0.119. The molecule has 0 saturated carbocycles. The first-order valence-electron chi connectivity index (χ1n) is 8.95. The van der Waals surface area contributed by atoms with E-state index in [4.69, 9.17) is 4.74 Å². The number of benzene rings is 2. The molecular weight excluding hydrogens is 472 g/mol. The maximum absolute atomic E-state index is 12.8. The molecular formula is C20H19BrN4O4S. The highest BCUT2D eigenvalue weighted by atomic mass is 79.9. The molecule has 0 atom stereocenters. The molecule has 0 aliphatic heterocycles. The minimum atomic E-state index is -0.429. The van der Waals surface area contributed by atoms with Gasteiger partial charge in [-0.05, 0) is 36.4 Å². The number of halogens is 1. The summed E-state index contributed by atoms with van der Waals surface area (Å²) in [4.78, 5) is 41.6. The van der Waals surface area contributed by atoms with E-state index in [0.717, 1.165) is 16.2 Å². The highest BCUT2D eigenvalue weighted by Gasteiger charge is 2.14. The van der Waals surface area contributed by atoms with Crippen molar-refractivity contribution in [2.75, 3.05) is 19.5 Å². The van der Waals surface area contributed by atoms with Gasteiger partial charge in [0.1, 0.15) is 0 Å². The van der Waals surface area contributed by atoms with E-state index in [1.807, 2.05) is 0 Å². The van der Waals surface area contributed by atoms with Crippen LogP contribution in [0.5, 0.6) is 0 Å². The van der Waals surface area contributed by atoms with Gasteiger partial charge in [0.2, 0.25) is 5.91 Å². The van der Waals surface area contributed by atoms with Crippen LogP contribution < -0.4 is 16.4 Å². The van der Waals surface area contributed by atoms with Gasteiger partial charge in [-0.15, -0.1) is 0 Å². The fourth-order valence-electron chi connectivity index (χ4n) is 2.60. The van der Waals surface area contributed by atoms with E-state index in [1.165, 1.54) is 4.57 Å². The molecule has 0 aliphatic carbocycles. The molecule has 30 heavy (non-hydrogen) atoms. The molecule has 2 aromatic carbocycles. The van der Waals surface area contributed by atoms with Crippen LogP contribution in [-0.4, -0.2) is 40.8 Å². The minimum Gasteiger partial charge on any atom is -0.383 e. The highest BCUT2D eigenvalue weighted by molar-refractivity contribution is 9.10. The van der Waals surface area contributed by atoms with Gasteiger partial charge in [-0.25, -0.2) is 4.98 Å². The number of carbonyl (C=O) groups is 2. The molecule has 2 amide bonds. The molecule has 156 valence electrons. The standard InChI is InChI=1S/C20H19BrN4O4S/c1-29-11-10-25-19(28)15-4-2-3-5-16(15)22-20(25)30-12-17(26)23-24-18(27)13-6-8-14(21)9-7-13/h2-9H,10-12H2,1H3,(H,23,26)(H,24,27). The quantitative estimate of drug-likeness (QED) is 0.299. The van der Waals surface area contributed by atoms with Crippen molar-refractivity contribution in [2.45, 2.75) is 11.7 Å². The monoisotopic (exact) mass is 490 g/mol. The zero-order valence-electron chi connectivity index (χ0n) is 16.1. The average Bonchev–Trinajstić information content (AvgIpc) is 2.76. The van der Waals surface area contributed by atoms with Crippen molar-refractivity contribution in [3.63, 3.8) is 0 Å². The number of ether oxygens (including phenoxy) is 1. The number of hydrazine groups is 1. The Morgan fingerprint density at radius 3 is 2.60 bits per heavy atom. The predicted octanol–water partition coefficient (Wildman–Crippen LogP) is 2.36. The van der Waals surface area contributed by atoms with Crippen LogP contribution in [0.3, 0.4) is 0 Å². The van der Waals surface area contributed by atoms with Gasteiger partial charge in [-0.1, -0.05) is 39.8 Å². The second kappa shape index (κ2) is 10.4. The Balaban J connectivity index is 1.66. The number of aromatic nitrogens is 2. The van der Waals surface area contributed by atoms with Crippen molar-refractivity contribution in [1.29, 1.82) is 0 Å². The summed E-state index contributed by atoms with van der Waals surface area (Å²) in [5.41, 5.74) is 5.52. The molecule has 10 heteroatoms. The van der Waals surface area contributed by atoms with Crippen molar-refractivity contribution in [3.05, 3.63) is 68.9 Å². The third-order valence-corrected chi connectivity index (χ3v) is 5.60. The normalized spacial score (nSPS) is 10.7. The number of hydrogen-bond acceptors (Lipinski definition) is 6. The number of thioether (sulfide) groups is 1. The van der Waals surface area contributed by atoms with Crippen LogP contribution in [0.2, 0.25) is 0 Å². The molecule has 0 saturated heterocycles. The van der Waals surface area contributed by atoms with Crippen LogP contribution in [0.25, 0.3) is 10.9 Å². The summed E-state index contributed by atoms with van der Waals surface area (Å²) in [5.74, 6) is -0.883. The number of fused-ring (bicyclic) bond motifs is 1. The summed E-state index contributed by atoms with van der Waals surface area (Å²) in [6.07, 6.45) is 0. The predicted molar refractivity (Wildman–Crippen MR) is 118 cm³/mol. The van der Waals surface area contributed by atoms with Crippen LogP contribution in [0.15, 0.2) is 63.0 Å². The zero-order chi connectivity index (χ0) is 21.5. The third-order valence-electron chi connectivity index (χ3n) is 4.10. The molecule has 0 fully saturated rings. The maximum atomic E-state index is 12.8. The fourth-order valence-corrected chi connectivity index (χ4v) is 3.69. The third kappa shape index (κ3) is 5.47. The summed E-state index contributed by atoms with van der Waals surface area (Å²) in [6, 6.07) is 13.8. The summed E-state index contributed by atoms with van der Waals surface area (Å²) in [6.45, 7) is 0.653. The number of carbonyl (C=O) groups excluding carboxylic acids is 2. The Morgan fingerprint density at radius 1 is 1.13 bits per heavy atom. The molecule has 0 unspecified atom stereocenters. The molecule has 3 rings (SSSR count). The summed E-state index contributed by atoms with van der Waals surface area (Å²) >= 11 is 4.41. The first-order chi connectivity index (χ1) is 14.5. The van der Waals surface area contributed by atoms with E-state index >= 15 is 0 Å². The van der Waals surface area contributed by atoms with Gasteiger partial charge in [0.05, 0.1) is 29.8 Å². The maximum Gasteiger partial charge on any atom is 0.269 e. The highest BCUT2D eigenvalue weighted by Crippen LogP contribution is 2.17. The number of methoxy groups -OCH3 is 1. The Bertz CT molecular complexity index is 1120. The Labute approximate surface area is 185 Å². The number of amides is 2. The smallest absolute Gasteiger partial charge is 0.269 e. The van der Waals surface area contributed by atoms with E-state index in [9.17, 15) is 14.4 Å². The number of rotatable bonds is 7. The van der Waals surface area contributed by atoms with Gasteiger partial charge in [-0.2, -0.15) is 0 Å². The van der Waals surface area contributed by atoms with E-state index < -0.39 is 11.8 Å². The molecule has 1 aromatic heterocycles. The summed E-state index contributed by atoms with van der Waals surface area (Å²) in [5, 5.41) is 0.911. The average molecular weight is 491 g/mol. The largest absolute Gasteiger partial charge is 0.383 e. The molecule has 0 radical (unpaired) electrons. The first-order valence-corrected chi connectivity index (χ1v) is 10.7. The van der Waals surface area contributed by atoms with Gasteiger partial charge < -0.3 is 4.74 Å². The molecule has 8 nitrogen and oxygen atoms in total. The van der Waals surface area contributed by atoms with Crippen LogP contribution >= 0.6 is 27.7 Å². The number of para-hydroxylation sites is 1. The van der Waals surface area contributed by atoms with Crippen LogP contribution in [-0.2, 0) is 16.1 Å². The number of nitrogens with one attached hydrogen (secondary N) is 2. The topological polar surface area (TPSA) is 102 Å². The SMILES string of the molecule is COCCn1c(SCC(=O)NNC(=O)c2ccc(Br)cc2)nc2ccccc2c1=O. The van der Waals surface area contributed by atoms with E-state index in [2.05, 4.69) is 31.8 Å². The van der Waals surface area contributed by atoms with E-state index in [1.54, 1.807) is 55.6 Å². The second-order valence-electron chi connectivity index (χ2n) is 6.16. The van der Waals surface area contributed by atoms with Gasteiger partial charge >= 0.3 is 0 Å². The number of hydrogen-bond donors (Lipinski definition) is 2. The van der Waals surface area contributed by atoms with E-state index in [0.29, 0.717) is 34.8 Å². The Morgan fingerprint density at radius 2 is 1.87 bits per heavy atom. The summed E-state index contributed by atoms with van der Waals surface area (Å²) in [7, 11) is 1.55. The molecule has 0 bridgehead atoms. The van der Waals surface area contributed by atoms with Crippen molar-refractivity contribution < 1.29 is 14.3 Å². The zero-order valence-corrected chi connectivity index (χ0v) is 18.5. The first kappa shape index (κ1) is 22.0. The van der Waals surface area contributed by atoms with Crippen molar-refractivity contribution in [3.8, 4) is 0 Å². The van der Waals surface area contributed by atoms with Gasteiger partial charge in [0.25, 0.3) is 11.5 Å². The minimum absolute atomic E-state index is 0.0294. The lowest BCUT2D eigenvalue weighted by atomic mass is 10.2. The van der Waals surface area contributed by atoms with Crippen LogP contribution in [0.4, 0.5) is 0 Å². The van der Waals surface area contributed by atoms with Gasteiger partial charge in [-0.3, -0.25) is 29.8 Å². The van der Waals surface area contributed by atoms with Crippen molar-refractivity contribution in [1.82, 2.24) is 20.4 Å². The number of nitrogens with zero attached hydrogens (tertiary/aromatic N) is 2. The van der Waals surface area contributed by atoms with Crippen LogP contribution in [0, 0.1) is 0 Å². The Kier molecular flexibility index (Phi) is 7.61. The van der Waals surface area contributed by atoms with Gasteiger partial charge in [0, 0.05) is 17.1 Å². The molecule has 2 N–H and O–H groups in total. The van der Waals surface area contributed by atoms with Crippen molar-refractivity contribution >= 4 is 50.4 Å².